The van der Waals surface area contributed by atoms with E-state index in [1.165, 1.54) is 6.92 Å². The fraction of sp³-hybridized carbons (Fsp3) is 0.429. The van der Waals surface area contributed by atoms with Gasteiger partial charge in [0.1, 0.15) is 0 Å². The summed E-state index contributed by atoms with van der Waals surface area (Å²) in [7, 11) is 0. The van der Waals surface area contributed by atoms with Gasteiger partial charge in [0.15, 0.2) is 5.75 Å². The molecular weight excluding hydrogens is 244 g/mol. The third-order valence-electron chi connectivity index (χ3n) is 3.18. The molecule has 0 spiro atoms. The van der Waals surface area contributed by atoms with Crippen LogP contribution in [0.3, 0.4) is 0 Å². The SMILES string of the molecule is CC(=O)Oc1ccccc1N1CCN(C(C)=O)CC1. The lowest BCUT2D eigenvalue weighted by Gasteiger charge is -2.36. The molecule has 1 aromatic rings. The van der Waals surface area contributed by atoms with Gasteiger partial charge in [0.2, 0.25) is 5.91 Å². The lowest BCUT2D eigenvalue weighted by Crippen LogP contribution is -2.48. The molecule has 1 aliphatic heterocycles. The molecule has 1 aromatic carbocycles. The zero-order valence-electron chi connectivity index (χ0n) is 11.3. The molecule has 5 heteroatoms. The number of anilines is 1. The predicted molar refractivity (Wildman–Crippen MR) is 72.2 cm³/mol. The number of benzene rings is 1. The normalized spacial score (nSPS) is 15.3. The smallest absolute Gasteiger partial charge is 0.308 e. The number of para-hydroxylation sites is 2. The van der Waals surface area contributed by atoms with Gasteiger partial charge >= 0.3 is 5.97 Å². The number of esters is 1. The molecule has 0 atom stereocenters. The average molecular weight is 262 g/mol. The van der Waals surface area contributed by atoms with Gasteiger partial charge in [-0.3, -0.25) is 9.59 Å². The number of ether oxygens (including phenoxy) is 1. The summed E-state index contributed by atoms with van der Waals surface area (Å²) in [4.78, 5) is 26.3. The first-order valence-electron chi connectivity index (χ1n) is 6.36. The predicted octanol–water partition coefficient (Wildman–Crippen LogP) is 1.28. The zero-order valence-corrected chi connectivity index (χ0v) is 11.3. The van der Waals surface area contributed by atoms with Crippen molar-refractivity contribution < 1.29 is 14.3 Å². The number of amides is 1. The fourth-order valence-corrected chi connectivity index (χ4v) is 2.22. The van der Waals surface area contributed by atoms with Crippen LogP contribution in [0, 0.1) is 0 Å². The van der Waals surface area contributed by atoms with E-state index in [1.54, 1.807) is 13.0 Å². The molecule has 0 aliphatic carbocycles. The van der Waals surface area contributed by atoms with Crippen molar-refractivity contribution in [1.29, 1.82) is 0 Å². The number of hydrogen-bond acceptors (Lipinski definition) is 4. The van der Waals surface area contributed by atoms with Crippen LogP contribution in [0.5, 0.6) is 5.75 Å². The maximum atomic E-state index is 11.3. The third-order valence-corrected chi connectivity index (χ3v) is 3.18. The Morgan fingerprint density at radius 3 is 2.26 bits per heavy atom. The number of nitrogens with zero attached hydrogens (tertiary/aromatic N) is 2. The van der Waals surface area contributed by atoms with Crippen molar-refractivity contribution in [3.05, 3.63) is 24.3 Å². The molecule has 0 radical (unpaired) electrons. The van der Waals surface area contributed by atoms with Crippen LogP contribution in [0.1, 0.15) is 13.8 Å². The van der Waals surface area contributed by atoms with Gasteiger partial charge in [-0.15, -0.1) is 0 Å². The van der Waals surface area contributed by atoms with Crippen molar-refractivity contribution >= 4 is 17.6 Å². The monoisotopic (exact) mass is 262 g/mol. The number of piperazine rings is 1. The van der Waals surface area contributed by atoms with E-state index in [2.05, 4.69) is 4.90 Å². The highest BCUT2D eigenvalue weighted by atomic mass is 16.5. The number of carbonyl (C=O) groups excluding carboxylic acids is 2. The molecule has 19 heavy (non-hydrogen) atoms. The van der Waals surface area contributed by atoms with Gasteiger partial charge in [0.25, 0.3) is 0 Å². The van der Waals surface area contributed by atoms with Crippen LogP contribution >= 0.6 is 0 Å². The first-order chi connectivity index (χ1) is 9.08. The molecule has 1 aliphatic rings. The molecule has 0 aromatic heterocycles. The number of carbonyl (C=O) groups is 2. The van der Waals surface area contributed by atoms with Crippen LogP contribution in [0.4, 0.5) is 5.69 Å². The average Bonchev–Trinajstić information content (AvgIpc) is 2.39. The van der Waals surface area contributed by atoms with E-state index in [0.29, 0.717) is 18.8 Å². The maximum Gasteiger partial charge on any atom is 0.308 e. The molecule has 0 saturated carbocycles. The molecule has 1 heterocycles. The second-order valence-electron chi connectivity index (χ2n) is 4.55. The topological polar surface area (TPSA) is 49.9 Å². The third kappa shape index (κ3) is 3.24. The van der Waals surface area contributed by atoms with Crippen LogP contribution < -0.4 is 9.64 Å². The number of hydrogen-bond donors (Lipinski definition) is 0. The summed E-state index contributed by atoms with van der Waals surface area (Å²) in [5.41, 5.74) is 0.904. The molecule has 0 N–H and O–H groups in total. The molecule has 0 bridgehead atoms. The van der Waals surface area contributed by atoms with Gasteiger partial charge in [0, 0.05) is 40.0 Å². The highest BCUT2D eigenvalue weighted by Crippen LogP contribution is 2.28. The zero-order chi connectivity index (χ0) is 13.8. The van der Waals surface area contributed by atoms with Crippen LogP contribution in [-0.4, -0.2) is 43.0 Å². The molecule has 102 valence electrons. The minimum Gasteiger partial charge on any atom is -0.425 e. The van der Waals surface area contributed by atoms with Gasteiger partial charge in [0.05, 0.1) is 5.69 Å². The largest absolute Gasteiger partial charge is 0.425 e. The maximum absolute atomic E-state index is 11.3. The van der Waals surface area contributed by atoms with Crippen molar-refractivity contribution in [2.75, 3.05) is 31.1 Å². The first kappa shape index (κ1) is 13.4. The summed E-state index contributed by atoms with van der Waals surface area (Å²) in [5, 5.41) is 0. The van der Waals surface area contributed by atoms with Crippen LogP contribution in [-0.2, 0) is 9.59 Å². The van der Waals surface area contributed by atoms with Gasteiger partial charge in [-0.2, -0.15) is 0 Å². The molecule has 0 unspecified atom stereocenters. The molecule has 2 rings (SSSR count). The summed E-state index contributed by atoms with van der Waals surface area (Å²) in [6.45, 7) is 5.87. The molecule has 5 nitrogen and oxygen atoms in total. The molecule has 1 saturated heterocycles. The number of rotatable bonds is 2. The second-order valence-corrected chi connectivity index (χ2v) is 4.55. The van der Waals surface area contributed by atoms with Crippen LogP contribution in [0.2, 0.25) is 0 Å². The summed E-state index contributed by atoms with van der Waals surface area (Å²) in [5.74, 6) is 0.356. The second kappa shape index (κ2) is 5.73. The minimum atomic E-state index is -0.324. The summed E-state index contributed by atoms with van der Waals surface area (Å²) in [6.07, 6.45) is 0. The Morgan fingerprint density at radius 2 is 1.68 bits per heavy atom. The van der Waals surface area contributed by atoms with Gasteiger partial charge in [-0.05, 0) is 12.1 Å². The highest BCUT2D eigenvalue weighted by Gasteiger charge is 2.21. The summed E-state index contributed by atoms with van der Waals surface area (Å²) >= 11 is 0. The Labute approximate surface area is 112 Å². The van der Waals surface area contributed by atoms with E-state index in [9.17, 15) is 9.59 Å². The van der Waals surface area contributed by atoms with E-state index in [0.717, 1.165) is 18.8 Å². The van der Waals surface area contributed by atoms with Crippen molar-refractivity contribution in [2.24, 2.45) is 0 Å². The lowest BCUT2D eigenvalue weighted by atomic mass is 10.2. The van der Waals surface area contributed by atoms with Gasteiger partial charge in [-0.1, -0.05) is 12.1 Å². The van der Waals surface area contributed by atoms with E-state index in [4.69, 9.17) is 4.74 Å². The van der Waals surface area contributed by atoms with Crippen LogP contribution in [0.15, 0.2) is 24.3 Å². The Bertz CT molecular complexity index is 479. The van der Waals surface area contributed by atoms with Crippen molar-refractivity contribution in [3.8, 4) is 5.75 Å². The first-order valence-corrected chi connectivity index (χ1v) is 6.36. The van der Waals surface area contributed by atoms with E-state index in [1.807, 2.05) is 23.1 Å². The summed E-state index contributed by atoms with van der Waals surface area (Å²) in [6, 6.07) is 7.48. The quantitative estimate of drug-likeness (QED) is 0.595. The Hall–Kier alpha value is -2.04. The lowest BCUT2D eigenvalue weighted by molar-refractivity contribution is -0.132. The van der Waals surface area contributed by atoms with Gasteiger partial charge in [-0.25, -0.2) is 0 Å². The van der Waals surface area contributed by atoms with E-state index < -0.39 is 0 Å². The standard InChI is InChI=1S/C14H18N2O3/c1-11(17)15-7-9-16(10-8-15)13-5-3-4-6-14(13)19-12(2)18/h3-6H,7-10H2,1-2H3. The van der Waals surface area contributed by atoms with E-state index >= 15 is 0 Å². The van der Waals surface area contributed by atoms with Gasteiger partial charge < -0.3 is 14.5 Å². The highest BCUT2D eigenvalue weighted by molar-refractivity contribution is 5.74. The minimum absolute atomic E-state index is 0.105. The van der Waals surface area contributed by atoms with Crippen molar-refractivity contribution in [1.82, 2.24) is 4.90 Å². The van der Waals surface area contributed by atoms with Crippen molar-refractivity contribution in [2.45, 2.75) is 13.8 Å². The Kier molecular flexibility index (Phi) is 4.04. The molecular formula is C14H18N2O3. The Balaban J connectivity index is 2.11. The summed E-state index contributed by atoms with van der Waals surface area (Å²) < 4.78 is 5.21. The Morgan fingerprint density at radius 1 is 1.05 bits per heavy atom. The van der Waals surface area contributed by atoms with E-state index in [-0.39, 0.29) is 11.9 Å². The molecule has 1 fully saturated rings. The fourth-order valence-electron chi connectivity index (χ4n) is 2.22. The molecule has 1 amide bonds. The van der Waals surface area contributed by atoms with Crippen LogP contribution in [0.25, 0.3) is 0 Å². The van der Waals surface area contributed by atoms with Crippen molar-refractivity contribution in [3.63, 3.8) is 0 Å².